The van der Waals surface area contributed by atoms with E-state index in [1.54, 1.807) is 5.51 Å². The van der Waals surface area contributed by atoms with E-state index in [0.29, 0.717) is 5.75 Å². The molecule has 1 amide bonds. The van der Waals surface area contributed by atoms with Crippen molar-refractivity contribution >= 4 is 34.7 Å². The number of aryl methyl sites for hydroxylation is 2. The number of thioether (sulfide) groups is 1. The summed E-state index contributed by atoms with van der Waals surface area (Å²) in [6, 6.07) is 6.20. The van der Waals surface area contributed by atoms with E-state index in [4.69, 9.17) is 0 Å². The molecule has 1 N–H and O–H groups in total. The Morgan fingerprint density at radius 1 is 1.37 bits per heavy atom. The maximum atomic E-state index is 11.8. The number of nitrogens with zero attached hydrogens (tertiary/aromatic N) is 2. The van der Waals surface area contributed by atoms with E-state index < -0.39 is 0 Å². The van der Waals surface area contributed by atoms with Gasteiger partial charge in [0.2, 0.25) is 5.91 Å². The molecule has 1 heterocycles. The van der Waals surface area contributed by atoms with Crippen LogP contribution in [0.15, 0.2) is 28.0 Å². The Labute approximate surface area is 119 Å². The largest absolute Gasteiger partial charge is 0.325 e. The Bertz CT molecular complexity index is 584. The molecule has 1 aromatic carbocycles. The van der Waals surface area contributed by atoms with Gasteiger partial charge in [-0.25, -0.2) is 0 Å². The fraction of sp³-hybridized carbons (Fsp3) is 0.308. The minimum absolute atomic E-state index is 0.00172. The Morgan fingerprint density at radius 2 is 2.26 bits per heavy atom. The lowest BCUT2D eigenvalue weighted by Gasteiger charge is -2.06. The molecule has 19 heavy (non-hydrogen) atoms. The van der Waals surface area contributed by atoms with Gasteiger partial charge >= 0.3 is 0 Å². The SMILES string of the molecule is O=C(CSc1nncs1)Nc1ccc2c(c1)CCC2. The first-order valence-electron chi connectivity index (χ1n) is 6.12. The maximum Gasteiger partial charge on any atom is 0.234 e. The molecule has 3 rings (SSSR count). The summed E-state index contributed by atoms with van der Waals surface area (Å²) in [6.07, 6.45) is 3.51. The summed E-state index contributed by atoms with van der Waals surface area (Å²) >= 11 is 2.86. The Balaban J connectivity index is 1.57. The average Bonchev–Trinajstić information content (AvgIpc) is 3.07. The first kappa shape index (κ1) is 12.6. The molecule has 4 nitrogen and oxygen atoms in total. The molecule has 98 valence electrons. The molecule has 0 saturated heterocycles. The third-order valence-corrected chi connectivity index (χ3v) is 4.91. The van der Waals surface area contributed by atoms with Crippen molar-refractivity contribution in [2.75, 3.05) is 11.1 Å². The van der Waals surface area contributed by atoms with E-state index in [1.165, 1.54) is 40.6 Å². The fourth-order valence-electron chi connectivity index (χ4n) is 2.20. The van der Waals surface area contributed by atoms with Crippen LogP contribution in [0.1, 0.15) is 17.5 Å². The fourth-order valence-corrected chi connectivity index (χ4v) is 3.49. The third-order valence-electron chi connectivity index (χ3n) is 3.05. The van der Waals surface area contributed by atoms with E-state index in [1.807, 2.05) is 6.07 Å². The second-order valence-electron chi connectivity index (χ2n) is 4.38. The lowest BCUT2D eigenvalue weighted by Crippen LogP contribution is -2.14. The van der Waals surface area contributed by atoms with Gasteiger partial charge < -0.3 is 5.32 Å². The number of carbonyl (C=O) groups is 1. The number of benzene rings is 1. The second kappa shape index (κ2) is 5.71. The number of rotatable bonds is 4. The minimum Gasteiger partial charge on any atom is -0.325 e. The zero-order valence-electron chi connectivity index (χ0n) is 10.3. The van der Waals surface area contributed by atoms with E-state index >= 15 is 0 Å². The molecule has 1 aromatic heterocycles. The van der Waals surface area contributed by atoms with Crippen molar-refractivity contribution < 1.29 is 4.79 Å². The van der Waals surface area contributed by atoms with Crippen molar-refractivity contribution in [1.29, 1.82) is 0 Å². The monoisotopic (exact) mass is 291 g/mol. The molecule has 1 aliphatic rings. The Morgan fingerprint density at radius 3 is 3.11 bits per heavy atom. The molecular weight excluding hydrogens is 278 g/mol. The molecule has 0 spiro atoms. The van der Waals surface area contributed by atoms with Crippen molar-refractivity contribution in [3.63, 3.8) is 0 Å². The van der Waals surface area contributed by atoms with E-state index in [0.717, 1.165) is 22.9 Å². The lowest BCUT2D eigenvalue weighted by atomic mass is 10.1. The molecule has 0 atom stereocenters. The number of nitrogens with one attached hydrogen (secondary N) is 1. The normalized spacial score (nSPS) is 13.3. The summed E-state index contributed by atoms with van der Waals surface area (Å²) in [6.45, 7) is 0. The van der Waals surface area contributed by atoms with E-state index in [2.05, 4.69) is 27.6 Å². The standard InChI is InChI=1S/C13H13N3OS2/c17-12(7-18-13-16-14-8-19-13)15-11-5-4-9-2-1-3-10(9)6-11/h4-6,8H,1-3,7H2,(H,15,17). The number of carbonyl (C=O) groups excluding carboxylic acids is 1. The summed E-state index contributed by atoms with van der Waals surface area (Å²) < 4.78 is 0.823. The average molecular weight is 291 g/mol. The highest BCUT2D eigenvalue weighted by Gasteiger charge is 2.12. The predicted molar refractivity (Wildman–Crippen MR) is 77.7 cm³/mol. The Kier molecular flexibility index (Phi) is 3.79. The predicted octanol–water partition coefficient (Wildman–Crippen LogP) is 2.76. The highest BCUT2D eigenvalue weighted by molar-refractivity contribution is 8.01. The van der Waals surface area contributed by atoms with E-state index in [-0.39, 0.29) is 5.91 Å². The van der Waals surface area contributed by atoms with Gasteiger partial charge in [-0.15, -0.1) is 10.2 Å². The van der Waals surface area contributed by atoms with Crippen LogP contribution in [-0.2, 0) is 17.6 Å². The molecule has 1 aliphatic carbocycles. The van der Waals surface area contributed by atoms with Crippen LogP contribution >= 0.6 is 23.1 Å². The van der Waals surface area contributed by atoms with Gasteiger partial charge in [-0.2, -0.15) is 0 Å². The quantitative estimate of drug-likeness (QED) is 0.880. The molecule has 0 fully saturated rings. The highest BCUT2D eigenvalue weighted by Crippen LogP contribution is 2.25. The van der Waals surface area contributed by atoms with Crippen LogP contribution in [0, 0.1) is 0 Å². The van der Waals surface area contributed by atoms with Crippen molar-refractivity contribution in [3.05, 3.63) is 34.8 Å². The van der Waals surface area contributed by atoms with Gasteiger partial charge in [0.25, 0.3) is 0 Å². The Hall–Kier alpha value is -1.40. The van der Waals surface area contributed by atoms with Crippen molar-refractivity contribution in [2.45, 2.75) is 23.6 Å². The zero-order chi connectivity index (χ0) is 13.1. The van der Waals surface area contributed by atoms with Crippen LogP contribution in [0.5, 0.6) is 0 Å². The molecule has 0 bridgehead atoms. The van der Waals surface area contributed by atoms with Gasteiger partial charge in [-0.3, -0.25) is 4.79 Å². The summed E-state index contributed by atoms with van der Waals surface area (Å²) in [7, 11) is 0. The molecule has 0 aliphatic heterocycles. The number of hydrogen-bond donors (Lipinski definition) is 1. The number of aromatic nitrogens is 2. The van der Waals surface area contributed by atoms with Crippen LogP contribution in [0.2, 0.25) is 0 Å². The van der Waals surface area contributed by atoms with Gasteiger partial charge in [0, 0.05) is 5.69 Å². The smallest absolute Gasteiger partial charge is 0.234 e. The van der Waals surface area contributed by atoms with Crippen LogP contribution in [-0.4, -0.2) is 21.9 Å². The van der Waals surface area contributed by atoms with Crippen LogP contribution < -0.4 is 5.32 Å². The second-order valence-corrected chi connectivity index (χ2v) is 6.43. The topological polar surface area (TPSA) is 54.9 Å². The summed E-state index contributed by atoms with van der Waals surface area (Å²) in [5.41, 5.74) is 5.35. The third kappa shape index (κ3) is 3.13. The van der Waals surface area contributed by atoms with Crippen molar-refractivity contribution in [2.24, 2.45) is 0 Å². The zero-order valence-corrected chi connectivity index (χ0v) is 11.9. The van der Waals surface area contributed by atoms with Crippen LogP contribution in [0.3, 0.4) is 0 Å². The number of amides is 1. The first-order chi connectivity index (χ1) is 9.31. The number of anilines is 1. The molecular formula is C13H13N3OS2. The summed E-state index contributed by atoms with van der Waals surface area (Å²) in [5.74, 6) is 0.366. The molecule has 0 saturated carbocycles. The van der Waals surface area contributed by atoms with Crippen molar-refractivity contribution in [3.8, 4) is 0 Å². The number of fused-ring (bicyclic) bond motifs is 1. The van der Waals surface area contributed by atoms with E-state index in [9.17, 15) is 4.79 Å². The van der Waals surface area contributed by atoms with Gasteiger partial charge in [0.1, 0.15) is 5.51 Å². The van der Waals surface area contributed by atoms with Crippen LogP contribution in [0.25, 0.3) is 0 Å². The minimum atomic E-state index is -0.00172. The molecule has 0 unspecified atom stereocenters. The molecule has 2 aromatic rings. The van der Waals surface area contributed by atoms with Crippen molar-refractivity contribution in [1.82, 2.24) is 10.2 Å². The van der Waals surface area contributed by atoms with Gasteiger partial charge in [-0.05, 0) is 42.5 Å². The molecule has 0 radical (unpaired) electrons. The lowest BCUT2D eigenvalue weighted by molar-refractivity contribution is -0.113. The highest BCUT2D eigenvalue weighted by atomic mass is 32.2. The van der Waals surface area contributed by atoms with Crippen LogP contribution in [0.4, 0.5) is 5.69 Å². The number of hydrogen-bond acceptors (Lipinski definition) is 5. The summed E-state index contributed by atoms with van der Waals surface area (Å²) in [5, 5.41) is 10.6. The van der Waals surface area contributed by atoms with Gasteiger partial charge in [-0.1, -0.05) is 29.2 Å². The maximum absolute atomic E-state index is 11.8. The van der Waals surface area contributed by atoms with Gasteiger partial charge in [0.05, 0.1) is 5.75 Å². The molecule has 6 heteroatoms. The first-order valence-corrected chi connectivity index (χ1v) is 7.98. The van der Waals surface area contributed by atoms with Gasteiger partial charge in [0.15, 0.2) is 4.34 Å². The summed E-state index contributed by atoms with van der Waals surface area (Å²) in [4.78, 5) is 11.8.